The number of carbonyl (C=O) groups is 1. The number of hydrogen-bond acceptors (Lipinski definition) is 3. The molecule has 0 atom stereocenters. The predicted molar refractivity (Wildman–Crippen MR) is 83.8 cm³/mol. The third-order valence-corrected chi connectivity index (χ3v) is 3.61. The molecular formula is C16H14Cl2O3. The molecule has 0 aliphatic carbocycles. The Bertz CT molecular complexity index is 669. The number of rotatable bonds is 5. The van der Waals surface area contributed by atoms with Gasteiger partial charge in [0.15, 0.2) is 5.78 Å². The van der Waals surface area contributed by atoms with Gasteiger partial charge in [-0.3, -0.25) is 4.79 Å². The van der Waals surface area contributed by atoms with Gasteiger partial charge in [-0.1, -0.05) is 30.1 Å². The SMILES string of the molecule is CCCOc1ccc(C(=O)c2ccc(Cl)c(Cl)c2)c(O)c1. The highest BCUT2D eigenvalue weighted by Crippen LogP contribution is 2.28. The molecule has 0 amide bonds. The van der Waals surface area contributed by atoms with Crippen molar-refractivity contribution in [3.05, 3.63) is 57.6 Å². The van der Waals surface area contributed by atoms with Crippen molar-refractivity contribution in [1.82, 2.24) is 0 Å². The van der Waals surface area contributed by atoms with E-state index in [1.165, 1.54) is 18.2 Å². The normalized spacial score (nSPS) is 10.4. The Morgan fingerprint density at radius 1 is 1.14 bits per heavy atom. The van der Waals surface area contributed by atoms with Gasteiger partial charge < -0.3 is 9.84 Å². The Hall–Kier alpha value is -1.71. The third-order valence-electron chi connectivity index (χ3n) is 2.87. The number of benzene rings is 2. The molecule has 1 N–H and O–H groups in total. The Balaban J connectivity index is 2.28. The lowest BCUT2D eigenvalue weighted by molar-refractivity contribution is 0.103. The molecule has 3 nitrogen and oxygen atoms in total. The number of ether oxygens (including phenoxy) is 1. The van der Waals surface area contributed by atoms with Gasteiger partial charge in [0.1, 0.15) is 11.5 Å². The summed E-state index contributed by atoms with van der Waals surface area (Å²) < 4.78 is 5.40. The van der Waals surface area contributed by atoms with E-state index in [1.54, 1.807) is 18.2 Å². The third kappa shape index (κ3) is 3.69. The zero-order valence-corrected chi connectivity index (χ0v) is 12.9. The highest BCUT2D eigenvalue weighted by atomic mass is 35.5. The molecule has 0 saturated heterocycles. The summed E-state index contributed by atoms with van der Waals surface area (Å²) in [6.07, 6.45) is 0.866. The first-order valence-electron chi connectivity index (χ1n) is 6.48. The van der Waals surface area contributed by atoms with Crippen molar-refractivity contribution < 1.29 is 14.6 Å². The fourth-order valence-electron chi connectivity index (χ4n) is 1.81. The van der Waals surface area contributed by atoms with Crippen LogP contribution in [0.2, 0.25) is 10.0 Å². The van der Waals surface area contributed by atoms with Gasteiger partial charge in [0, 0.05) is 11.6 Å². The van der Waals surface area contributed by atoms with Gasteiger partial charge in [-0.15, -0.1) is 0 Å². The van der Waals surface area contributed by atoms with E-state index in [2.05, 4.69) is 0 Å². The number of aromatic hydroxyl groups is 1. The number of ketones is 1. The van der Waals surface area contributed by atoms with E-state index in [0.717, 1.165) is 6.42 Å². The van der Waals surface area contributed by atoms with E-state index in [9.17, 15) is 9.90 Å². The van der Waals surface area contributed by atoms with Crippen LogP contribution in [-0.2, 0) is 0 Å². The molecule has 2 aromatic carbocycles. The van der Waals surface area contributed by atoms with Crippen molar-refractivity contribution in [2.45, 2.75) is 13.3 Å². The summed E-state index contributed by atoms with van der Waals surface area (Å²) in [4.78, 5) is 12.4. The minimum absolute atomic E-state index is 0.125. The zero-order valence-electron chi connectivity index (χ0n) is 11.4. The maximum absolute atomic E-state index is 12.4. The Morgan fingerprint density at radius 2 is 1.90 bits per heavy atom. The van der Waals surface area contributed by atoms with Crippen LogP contribution in [-0.4, -0.2) is 17.5 Å². The predicted octanol–water partition coefficient (Wildman–Crippen LogP) is 4.72. The molecule has 0 bridgehead atoms. The molecule has 5 heteroatoms. The number of phenols is 1. The largest absolute Gasteiger partial charge is 0.507 e. The molecule has 2 aromatic rings. The highest BCUT2D eigenvalue weighted by Gasteiger charge is 2.15. The fraction of sp³-hybridized carbons (Fsp3) is 0.188. The molecule has 0 radical (unpaired) electrons. The van der Waals surface area contributed by atoms with E-state index in [0.29, 0.717) is 28.0 Å². The van der Waals surface area contributed by atoms with Gasteiger partial charge in [0.2, 0.25) is 0 Å². The lowest BCUT2D eigenvalue weighted by Gasteiger charge is -2.08. The Labute approximate surface area is 133 Å². The quantitative estimate of drug-likeness (QED) is 0.809. The molecule has 0 fully saturated rings. The van der Waals surface area contributed by atoms with Crippen LogP contribution in [0.4, 0.5) is 0 Å². The van der Waals surface area contributed by atoms with Crippen LogP contribution in [0.1, 0.15) is 29.3 Å². The molecular weight excluding hydrogens is 311 g/mol. The van der Waals surface area contributed by atoms with Crippen molar-refractivity contribution >= 4 is 29.0 Å². The molecule has 0 saturated carbocycles. The van der Waals surface area contributed by atoms with E-state index >= 15 is 0 Å². The molecule has 0 spiro atoms. The van der Waals surface area contributed by atoms with Gasteiger partial charge in [-0.05, 0) is 36.8 Å². The van der Waals surface area contributed by atoms with Crippen LogP contribution in [0.25, 0.3) is 0 Å². The minimum Gasteiger partial charge on any atom is -0.507 e. The van der Waals surface area contributed by atoms with Gasteiger partial charge >= 0.3 is 0 Å². The number of halogens is 2. The Kier molecular flexibility index (Phi) is 5.10. The van der Waals surface area contributed by atoms with Crippen molar-refractivity contribution in [2.75, 3.05) is 6.61 Å². The van der Waals surface area contributed by atoms with Crippen molar-refractivity contribution in [2.24, 2.45) is 0 Å². The summed E-state index contributed by atoms with van der Waals surface area (Å²) in [5, 5.41) is 10.7. The summed E-state index contributed by atoms with van der Waals surface area (Å²) >= 11 is 11.7. The van der Waals surface area contributed by atoms with Gasteiger partial charge in [-0.25, -0.2) is 0 Å². The van der Waals surface area contributed by atoms with E-state index < -0.39 is 0 Å². The first-order valence-corrected chi connectivity index (χ1v) is 7.24. The zero-order chi connectivity index (χ0) is 15.4. The van der Waals surface area contributed by atoms with Crippen molar-refractivity contribution in [1.29, 1.82) is 0 Å². The second kappa shape index (κ2) is 6.83. The van der Waals surface area contributed by atoms with Crippen molar-refractivity contribution in [3.8, 4) is 11.5 Å². The van der Waals surface area contributed by atoms with Gasteiger partial charge in [0.05, 0.1) is 22.2 Å². The van der Waals surface area contributed by atoms with E-state index in [1.807, 2.05) is 6.92 Å². The lowest BCUT2D eigenvalue weighted by atomic mass is 10.0. The molecule has 21 heavy (non-hydrogen) atoms. The second-order valence-corrected chi connectivity index (χ2v) is 5.30. The van der Waals surface area contributed by atoms with E-state index in [4.69, 9.17) is 27.9 Å². The molecule has 0 aromatic heterocycles. The van der Waals surface area contributed by atoms with E-state index in [-0.39, 0.29) is 17.1 Å². The number of hydrogen-bond donors (Lipinski definition) is 1. The van der Waals surface area contributed by atoms with Crippen LogP contribution in [0.5, 0.6) is 11.5 Å². The summed E-state index contributed by atoms with van der Waals surface area (Å²) in [7, 11) is 0. The van der Waals surface area contributed by atoms with Crippen LogP contribution >= 0.6 is 23.2 Å². The monoisotopic (exact) mass is 324 g/mol. The number of carbonyl (C=O) groups excluding carboxylic acids is 1. The lowest BCUT2D eigenvalue weighted by Crippen LogP contribution is -2.02. The van der Waals surface area contributed by atoms with Gasteiger partial charge in [0.25, 0.3) is 0 Å². The molecule has 2 rings (SSSR count). The number of phenolic OH excluding ortho intramolecular Hbond substituents is 1. The van der Waals surface area contributed by atoms with Crippen LogP contribution in [0, 0.1) is 0 Å². The van der Waals surface area contributed by atoms with Crippen LogP contribution in [0.3, 0.4) is 0 Å². The Morgan fingerprint density at radius 3 is 2.52 bits per heavy atom. The minimum atomic E-state index is -0.326. The highest BCUT2D eigenvalue weighted by molar-refractivity contribution is 6.42. The average Bonchev–Trinajstić information content (AvgIpc) is 2.47. The van der Waals surface area contributed by atoms with Gasteiger partial charge in [-0.2, -0.15) is 0 Å². The first-order chi connectivity index (χ1) is 10.0. The molecule has 0 aliphatic heterocycles. The van der Waals surface area contributed by atoms with Crippen LogP contribution < -0.4 is 4.74 Å². The second-order valence-electron chi connectivity index (χ2n) is 4.49. The first kappa shape index (κ1) is 15.7. The molecule has 110 valence electrons. The molecule has 0 heterocycles. The van der Waals surface area contributed by atoms with Crippen molar-refractivity contribution in [3.63, 3.8) is 0 Å². The smallest absolute Gasteiger partial charge is 0.196 e. The maximum atomic E-state index is 12.4. The maximum Gasteiger partial charge on any atom is 0.196 e. The average molecular weight is 325 g/mol. The molecule has 0 unspecified atom stereocenters. The fourth-order valence-corrected chi connectivity index (χ4v) is 2.10. The summed E-state index contributed by atoms with van der Waals surface area (Å²) in [6.45, 7) is 2.54. The summed E-state index contributed by atoms with van der Waals surface area (Å²) in [5.41, 5.74) is 0.555. The summed E-state index contributed by atoms with van der Waals surface area (Å²) in [5.74, 6) is 0.0767. The summed E-state index contributed by atoms with van der Waals surface area (Å²) in [6, 6.07) is 9.21. The molecule has 0 aliphatic rings. The topological polar surface area (TPSA) is 46.5 Å². The standard InChI is InChI=1S/C16H14Cl2O3/c1-2-7-21-11-4-5-12(15(19)9-11)16(20)10-3-6-13(17)14(18)8-10/h3-6,8-9,19H,2,7H2,1H3. The van der Waals surface area contributed by atoms with Crippen LogP contribution in [0.15, 0.2) is 36.4 Å².